The van der Waals surface area contributed by atoms with Crippen LogP contribution in [0.5, 0.6) is 5.75 Å². The maximum absolute atomic E-state index is 13.3. The van der Waals surface area contributed by atoms with Crippen molar-refractivity contribution in [2.45, 2.75) is 24.8 Å². The van der Waals surface area contributed by atoms with E-state index in [2.05, 4.69) is 39.1 Å². The fourth-order valence-corrected chi connectivity index (χ4v) is 6.60. The van der Waals surface area contributed by atoms with Gasteiger partial charge >= 0.3 is 0 Å². The smallest absolute Gasteiger partial charge is 0.273 e. The highest BCUT2D eigenvalue weighted by molar-refractivity contribution is 7.98. The number of hydrogen-bond donors (Lipinski definition) is 0. The number of aromatic nitrogens is 4. The molecule has 0 spiro atoms. The van der Waals surface area contributed by atoms with Crippen LogP contribution in [0, 0.1) is 6.92 Å². The van der Waals surface area contributed by atoms with Gasteiger partial charge in [-0.15, -0.1) is 21.5 Å². The lowest BCUT2D eigenvalue weighted by Crippen LogP contribution is -2.49. The monoisotopic (exact) mass is 586 g/mol. The van der Waals surface area contributed by atoms with Gasteiger partial charge in [0.25, 0.3) is 5.91 Å². The summed E-state index contributed by atoms with van der Waals surface area (Å²) in [5, 5.41) is 12.4. The number of piperazine rings is 1. The molecule has 41 heavy (non-hydrogen) atoms. The maximum Gasteiger partial charge on any atom is 0.273 e. The van der Waals surface area contributed by atoms with Crippen molar-refractivity contribution in [2.75, 3.05) is 37.7 Å². The molecule has 9 nitrogen and oxygen atoms in total. The topological polar surface area (TPSA) is 89.5 Å². The normalized spacial score (nSPS) is 13.5. The van der Waals surface area contributed by atoms with E-state index in [4.69, 9.17) is 9.15 Å². The third kappa shape index (κ3) is 5.73. The van der Waals surface area contributed by atoms with Crippen molar-refractivity contribution in [1.29, 1.82) is 0 Å². The number of carbonyl (C=O) groups is 1. The Morgan fingerprint density at radius 2 is 1.78 bits per heavy atom. The molecule has 11 heteroatoms. The second-order valence-corrected chi connectivity index (χ2v) is 11.4. The first-order valence-electron chi connectivity index (χ1n) is 13.5. The zero-order valence-electron chi connectivity index (χ0n) is 22.9. The molecule has 3 aromatic heterocycles. The number of aryl methyl sites for hydroxylation is 1. The quantitative estimate of drug-likeness (QED) is 0.196. The molecule has 4 heterocycles. The minimum absolute atomic E-state index is 0.0292. The van der Waals surface area contributed by atoms with Gasteiger partial charge in [-0.25, -0.2) is 4.98 Å². The summed E-state index contributed by atoms with van der Waals surface area (Å²) < 4.78 is 13.5. The van der Waals surface area contributed by atoms with Crippen molar-refractivity contribution in [3.63, 3.8) is 0 Å². The summed E-state index contributed by atoms with van der Waals surface area (Å²) in [5.74, 6) is 2.72. The van der Waals surface area contributed by atoms with Gasteiger partial charge in [-0.05, 0) is 49.7 Å². The standard InChI is InChI=1S/C30H30N6O3S2/c1-3-38-25-12-7-6-11-24(25)34-14-16-35(17-15-34)29(37)22-19-40-27(31-22)20-41-30-33-32-28(26-13-8-18-39-26)36(30)23-10-5-4-9-21(23)2/h4-13,18-19H,3,14-17,20H2,1-2H3. The Balaban J connectivity index is 1.12. The second kappa shape index (κ2) is 12.2. The van der Waals surface area contributed by atoms with Crippen LogP contribution in [0.2, 0.25) is 0 Å². The van der Waals surface area contributed by atoms with E-state index in [1.54, 1.807) is 6.26 Å². The van der Waals surface area contributed by atoms with E-state index in [0.29, 0.717) is 42.7 Å². The van der Waals surface area contributed by atoms with Gasteiger partial charge in [0.15, 0.2) is 10.9 Å². The number of anilines is 1. The number of hydrogen-bond acceptors (Lipinski definition) is 9. The number of amides is 1. The van der Waals surface area contributed by atoms with Gasteiger partial charge in [0.05, 0.1) is 30.0 Å². The zero-order valence-corrected chi connectivity index (χ0v) is 24.5. The zero-order chi connectivity index (χ0) is 28.2. The average molecular weight is 587 g/mol. The summed E-state index contributed by atoms with van der Waals surface area (Å²) in [5.41, 5.74) is 3.66. The van der Waals surface area contributed by atoms with Crippen LogP contribution in [0.25, 0.3) is 17.3 Å². The summed E-state index contributed by atoms with van der Waals surface area (Å²) in [6.45, 7) is 7.43. The van der Waals surface area contributed by atoms with E-state index in [1.807, 2.05) is 70.3 Å². The molecule has 1 saturated heterocycles. The molecular weight excluding hydrogens is 557 g/mol. The van der Waals surface area contributed by atoms with Crippen LogP contribution in [0.1, 0.15) is 28.0 Å². The largest absolute Gasteiger partial charge is 0.492 e. The van der Waals surface area contributed by atoms with Crippen molar-refractivity contribution in [3.8, 4) is 23.0 Å². The first kappa shape index (κ1) is 27.1. The maximum atomic E-state index is 13.3. The average Bonchev–Trinajstić information content (AvgIpc) is 3.78. The summed E-state index contributed by atoms with van der Waals surface area (Å²) in [6, 6.07) is 19.9. The van der Waals surface area contributed by atoms with E-state index in [1.165, 1.54) is 23.1 Å². The molecule has 0 N–H and O–H groups in total. The SMILES string of the molecule is CCOc1ccccc1N1CCN(C(=O)c2csc(CSc3nnc(-c4ccco4)n3-c3ccccc3C)n2)CC1. The highest BCUT2D eigenvalue weighted by Crippen LogP contribution is 2.32. The summed E-state index contributed by atoms with van der Waals surface area (Å²) in [4.78, 5) is 22.1. The number of carbonyl (C=O) groups excluding carboxylic acids is 1. The minimum atomic E-state index is -0.0292. The Bertz CT molecular complexity index is 1620. The summed E-state index contributed by atoms with van der Waals surface area (Å²) in [7, 11) is 0. The molecule has 1 aliphatic heterocycles. The van der Waals surface area contributed by atoms with Crippen LogP contribution in [-0.4, -0.2) is 63.3 Å². The first-order chi connectivity index (χ1) is 20.1. The molecule has 1 fully saturated rings. The molecule has 6 rings (SSSR count). The summed E-state index contributed by atoms with van der Waals surface area (Å²) in [6.07, 6.45) is 1.63. The Morgan fingerprint density at radius 3 is 2.54 bits per heavy atom. The molecule has 0 radical (unpaired) electrons. The number of benzene rings is 2. The van der Waals surface area contributed by atoms with Crippen LogP contribution in [0.3, 0.4) is 0 Å². The van der Waals surface area contributed by atoms with E-state index in [0.717, 1.165) is 45.9 Å². The van der Waals surface area contributed by atoms with Gasteiger partial charge in [0.1, 0.15) is 16.5 Å². The van der Waals surface area contributed by atoms with E-state index in [9.17, 15) is 4.79 Å². The summed E-state index contributed by atoms with van der Waals surface area (Å²) >= 11 is 3.03. The Kier molecular flexibility index (Phi) is 8.06. The molecule has 210 valence electrons. The number of nitrogens with zero attached hydrogens (tertiary/aromatic N) is 6. The minimum Gasteiger partial charge on any atom is -0.492 e. The molecule has 0 saturated carbocycles. The fraction of sp³-hybridized carbons (Fsp3) is 0.267. The number of rotatable bonds is 9. The number of thiazole rings is 1. The lowest BCUT2D eigenvalue weighted by atomic mass is 10.2. The van der Waals surface area contributed by atoms with Crippen molar-refractivity contribution in [2.24, 2.45) is 0 Å². The highest BCUT2D eigenvalue weighted by atomic mass is 32.2. The van der Waals surface area contributed by atoms with Crippen LogP contribution >= 0.6 is 23.1 Å². The molecule has 5 aromatic rings. The van der Waals surface area contributed by atoms with Crippen LogP contribution in [-0.2, 0) is 5.75 Å². The van der Waals surface area contributed by atoms with Gasteiger partial charge in [-0.3, -0.25) is 9.36 Å². The number of thioether (sulfide) groups is 1. The Labute approximate surface area is 246 Å². The first-order valence-corrected chi connectivity index (χ1v) is 15.4. The van der Waals surface area contributed by atoms with Crippen LogP contribution in [0.15, 0.2) is 81.9 Å². The molecular formula is C30H30N6O3S2. The number of ether oxygens (including phenoxy) is 1. The Morgan fingerprint density at radius 1 is 1.00 bits per heavy atom. The van der Waals surface area contributed by atoms with Gasteiger partial charge in [0.2, 0.25) is 5.82 Å². The highest BCUT2D eigenvalue weighted by Gasteiger charge is 2.26. The molecule has 0 atom stereocenters. The Hall–Kier alpha value is -4.09. The third-order valence-electron chi connectivity index (χ3n) is 6.90. The molecule has 1 aliphatic rings. The predicted octanol–water partition coefficient (Wildman–Crippen LogP) is 5.95. The van der Waals surface area contributed by atoms with Crippen molar-refractivity contribution >= 4 is 34.7 Å². The number of furan rings is 1. The predicted molar refractivity (Wildman–Crippen MR) is 161 cm³/mol. The van der Waals surface area contributed by atoms with E-state index in [-0.39, 0.29) is 5.91 Å². The molecule has 0 aliphatic carbocycles. The van der Waals surface area contributed by atoms with Crippen LogP contribution in [0.4, 0.5) is 5.69 Å². The van der Waals surface area contributed by atoms with Crippen molar-refractivity contribution in [3.05, 3.63) is 88.6 Å². The fourth-order valence-electron chi connectivity index (χ4n) is 4.87. The van der Waals surface area contributed by atoms with E-state index >= 15 is 0 Å². The molecule has 1 amide bonds. The number of para-hydroxylation sites is 3. The second-order valence-electron chi connectivity index (χ2n) is 9.50. The van der Waals surface area contributed by atoms with Gasteiger partial charge < -0.3 is 19.0 Å². The van der Waals surface area contributed by atoms with Crippen molar-refractivity contribution < 1.29 is 13.9 Å². The van der Waals surface area contributed by atoms with Gasteiger partial charge in [-0.2, -0.15) is 0 Å². The van der Waals surface area contributed by atoms with Crippen molar-refractivity contribution in [1.82, 2.24) is 24.6 Å². The lowest BCUT2D eigenvalue weighted by Gasteiger charge is -2.36. The van der Waals surface area contributed by atoms with Crippen LogP contribution < -0.4 is 9.64 Å². The third-order valence-corrected chi connectivity index (χ3v) is 8.87. The van der Waals surface area contributed by atoms with E-state index < -0.39 is 0 Å². The molecule has 0 unspecified atom stereocenters. The molecule has 2 aromatic carbocycles. The van der Waals surface area contributed by atoms with Gasteiger partial charge in [-0.1, -0.05) is 42.1 Å². The molecule has 0 bridgehead atoms. The lowest BCUT2D eigenvalue weighted by molar-refractivity contribution is 0.0741. The van der Waals surface area contributed by atoms with Gasteiger partial charge in [0, 0.05) is 31.6 Å².